The number of hydrogen-bond donors (Lipinski definition) is 1. The monoisotopic (exact) mass is 428 g/mol. The second-order valence-corrected chi connectivity index (χ2v) is 8.80. The standard InChI is InChI=1S/C15H10BrFN2OS3/c16-13-6-5-12(23-13)11-7-22-15(18-11)19-14(20)8-21-10-3-1-9(17)2-4-10/h1-7H,8H2,(H,18,19,20). The van der Waals surface area contributed by atoms with Gasteiger partial charge in [0.15, 0.2) is 5.13 Å². The number of rotatable bonds is 5. The molecule has 0 unspecified atom stereocenters. The Balaban J connectivity index is 1.56. The van der Waals surface area contributed by atoms with Gasteiger partial charge in [0.1, 0.15) is 5.82 Å². The minimum Gasteiger partial charge on any atom is -0.301 e. The highest BCUT2D eigenvalue weighted by Crippen LogP contribution is 2.33. The van der Waals surface area contributed by atoms with Crippen LogP contribution in [0.2, 0.25) is 0 Å². The molecule has 8 heteroatoms. The largest absolute Gasteiger partial charge is 0.301 e. The molecule has 118 valence electrons. The molecular weight excluding hydrogens is 419 g/mol. The molecule has 3 rings (SSSR count). The Bertz CT molecular complexity index is 816. The molecule has 1 aromatic carbocycles. The van der Waals surface area contributed by atoms with Crippen LogP contribution >= 0.6 is 50.4 Å². The molecule has 2 aromatic heterocycles. The Morgan fingerprint density at radius 3 is 2.74 bits per heavy atom. The zero-order valence-electron chi connectivity index (χ0n) is 11.6. The van der Waals surface area contributed by atoms with Gasteiger partial charge in [-0.15, -0.1) is 34.4 Å². The van der Waals surface area contributed by atoms with E-state index >= 15 is 0 Å². The first-order chi connectivity index (χ1) is 11.1. The highest BCUT2D eigenvalue weighted by molar-refractivity contribution is 9.11. The molecule has 3 aromatic rings. The van der Waals surface area contributed by atoms with Gasteiger partial charge in [-0.1, -0.05) is 0 Å². The predicted octanol–water partition coefficient (Wildman–Crippen LogP) is 5.50. The number of thioether (sulfide) groups is 1. The number of thiazole rings is 1. The van der Waals surface area contributed by atoms with E-state index in [2.05, 4.69) is 26.2 Å². The summed E-state index contributed by atoms with van der Waals surface area (Å²) in [6, 6.07) is 10.0. The van der Waals surface area contributed by atoms with Crippen molar-refractivity contribution in [3.63, 3.8) is 0 Å². The third-order valence-corrected chi connectivity index (χ3v) is 6.18. The molecule has 0 saturated heterocycles. The number of thiophene rings is 1. The zero-order valence-corrected chi connectivity index (χ0v) is 15.6. The van der Waals surface area contributed by atoms with Gasteiger partial charge in [-0.2, -0.15) is 0 Å². The molecule has 0 saturated carbocycles. The number of halogens is 2. The first-order valence-corrected chi connectivity index (χ1v) is 9.97. The van der Waals surface area contributed by atoms with Gasteiger partial charge in [-0.05, 0) is 52.3 Å². The average Bonchev–Trinajstić information content (AvgIpc) is 3.16. The minimum atomic E-state index is -0.283. The Hall–Kier alpha value is -1.22. The zero-order chi connectivity index (χ0) is 16.2. The van der Waals surface area contributed by atoms with Crippen LogP contribution in [-0.2, 0) is 4.79 Å². The summed E-state index contributed by atoms with van der Waals surface area (Å²) in [5, 5.41) is 5.28. The maximum atomic E-state index is 12.8. The second-order valence-electron chi connectivity index (χ2n) is 4.43. The lowest BCUT2D eigenvalue weighted by Gasteiger charge is -2.02. The molecule has 0 aliphatic rings. The van der Waals surface area contributed by atoms with Crippen molar-refractivity contribution in [2.75, 3.05) is 11.1 Å². The van der Waals surface area contributed by atoms with Gasteiger partial charge >= 0.3 is 0 Å². The molecule has 3 nitrogen and oxygen atoms in total. The number of amides is 1. The number of aromatic nitrogens is 1. The third kappa shape index (κ3) is 4.63. The van der Waals surface area contributed by atoms with Crippen molar-refractivity contribution < 1.29 is 9.18 Å². The first kappa shape index (κ1) is 16.6. The molecule has 0 bridgehead atoms. The van der Waals surface area contributed by atoms with Gasteiger partial charge in [0.25, 0.3) is 0 Å². The molecule has 1 N–H and O–H groups in total. The predicted molar refractivity (Wildman–Crippen MR) is 98.9 cm³/mol. The van der Waals surface area contributed by atoms with E-state index in [0.717, 1.165) is 19.3 Å². The fourth-order valence-corrected chi connectivity index (χ4v) is 4.58. The summed E-state index contributed by atoms with van der Waals surface area (Å²) >= 11 is 7.77. The summed E-state index contributed by atoms with van der Waals surface area (Å²) in [5.74, 6) is -0.160. The Labute approximate surface area is 153 Å². The SMILES string of the molecule is O=C(CSc1ccc(F)cc1)Nc1nc(-c2ccc(Br)s2)cs1. The van der Waals surface area contributed by atoms with Crippen molar-refractivity contribution in [3.05, 3.63) is 51.4 Å². The maximum absolute atomic E-state index is 12.8. The summed E-state index contributed by atoms with van der Waals surface area (Å²) < 4.78 is 13.9. The van der Waals surface area contributed by atoms with Crippen molar-refractivity contribution in [2.24, 2.45) is 0 Å². The number of carbonyl (C=O) groups excluding carboxylic acids is 1. The highest BCUT2D eigenvalue weighted by Gasteiger charge is 2.10. The van der Waals surface area contributed by atoms with Crippen LogP contribution in [0.1, 0.15) is 0 Å². The lowest BCUT2D eigenvalue weighted by atomic mass is 10.4. The summed E-state index contributed by atoms with van der Waals surface area (Å²) in [5.41, 5.74) is 0.854. The number of nitrogens with zero attached hydrogens (tertiary/aromatic N) is 1. The fourth-order valence-electron chi connectivity index (χ4n) is 1.73. The van der Waals surface area contributed by atoms with E-state index in [9.17, 15) is 9.18 Å². The van der Waals surface area contributed by atoms with E-state index < -0.39 is 0 Å². The van der Waals surface area contributed by atoms with E-state index in [1.807, 2.05) is 17.5 Å². The van der Waals surface area contributed by atoms with Crippen molar-refractivity contribution in [3.8, 4) is 10.6 Å². The smallest absolute Gasteiger partial charge is 0.236 e. The lowest BCUT2D eigenvalue weighted by Crippen LogP contribution is -2.13. The van der Waals surface area contributed by atoms with Crippen molar-refractivity contribution in [1.82, 2.24) is 4.98 Å². The number of carbonyl (C=O) groups is 1. The Morgan fingerprint density at radius 1 is 1.26 bits per heavy atom. The average molecular weight is 429 g/mol. The number of nitrogens with one attached hydrogen (secondary N) is 1. The summed E-state index contributed by atoms with van der Waals surface area (Å²) in [6.07, 6.45) is 0. The van der Waals surface area contributed by atoms with Crippen LogP contribution in [0, 0.1) is 5.82 Å². The molecule has 0 radical (unpaired) electrons. The Kier molecular flexibility index (Phi) is 5.47. The molecule has 0 atom stereocenters. The summed E-state index contributed by atoms with van der Waals surface area (Å²) in [6.45, 7) is 0. The van der Waals surface area contributed by atoms with Crippen LogP contribution in [0.15, 0.2) is 50.5 Å². The summed E-state index contributed by atoms with van der Waals surface area (Å²) in [7, 11) is 0. The molecule has 0 aliphatic heterocycles. The van der Waals surface area contributed by atoms with Gasteiger partial charge < -0.3 is 5.32 Å². The van der Waals surface area contributed by atoms with Gasteiger partial charge in [-0.3, -0.25) is 4.79 Å². The van der Waals surface area contributed by atoms with E-state index in [1.54, 1.807) is 23.5 Å². The van der Waals surface area contributed by atoms with Gasteiger partial charge in [0.05, 0.1) is 20.1 Å². The normalized spacial score (nSPS) is 10.7. The number of anilines is 1. The van der Waals surface area contributed by atoms with E-state index in [1.165, 1.54) is 35.2 Å². The van der Waals surface area contributed by atoms with Gasteiger partial charge in [0.2, 0.25) is 5.91 Å². The van der Waals surface area contributed by atoms with Crippen molar-refractivity contribution in [2.45, 2.75) is 4.90 Å². The molecule has 0 spiro atoms. The van der Waals surface area contributed by atoms with Crippen LogP contribution in [0.25, 0.3) is 10.6 Å². The second kappa shape index (κ2) is 7.57. The molecule has 2 heterocycles. The van der Waals surface area contributed by atoms with Crippen molar-refractivity contribution >= 4 is 61.4 Å². The molecular formula is C15H10BrFN2OS3. The fraction of sp³-hybridized carbons (Fsp3) is 0.0667. The van der Waals surface area contributed by atoms with Crippen LogP contribution < -0.4 is 5.32 Å². The minimum absolute atomic E-state index is 0.132. The first-order valence-electron chi connectivity index (χ1n) is 6.49. The lowest BCUT2D eigenvalue weighted by molar-refractivity contribution is -0.113. The van der Waals surface area contributed by atoms with E-state index in [4.69, 9.17) is 0 Å². The number of hydrogen-bond acceptors (Lipinski definition) is 5. The van der Waals surface area contributed by atoms with Crippen LogP contribution in [0.5, 0.6) is 0 Å². The van der Waals surface area contributed by atoms with Crippen LogP contribution in [-0.4, -0.2) is 16.6 Å². The number of benzene rings is 1. The highest BCUT2D eigenvalue weighted by atomic mass is 79.9. The van der Waals surface area contributed by atoms with Gasteiger partial charge in [-0.25, -0.2) is 9.37 Å². The quantitative estimate of drug-likeness (QED) is 0.545. The molecule has 0 aliphatic carbocycles. The topological polar surface area (TPSA) is 42.0 Å². The van der Waals surface area contributed by atoms with E-state index in [-0.39, 0.29) is 17.5 Å². The molecule has 0 fully saturated rings. The van der Waals surface area contributed by atoms with Crippen LogP contribution in [0.3, 0.4) is 0 Å². The summed E-state index contributed by atoms with van der Waals surface area (Å²) in [4.78, 5) is 18.3. The molecule has 23 heavy (non-hydrogen) atoms. The van der Waals surface area contributed by atoms with Crippen LogP contribution in [0.4, 0.5) is 9.52 Å². The Morgan fingerprint density at radius 2 is 2.04 bits per heavy atom. The van der Waals surface area contributed by atoms with Gasteiger partial charge in [0, 0.05) is 10.3 Å². The van der Waals surface area contributed by atoms with Crippen molar-refractivity contribution in [1.29, 1.82) is 0 Å². The third-order valence-electron chi connectivity index (χ3n) is 2.76. The maximum Gasteiger partial charge on any atom is 0.236 e. The van der Waals surface area contributed by atoms with E-state index in [0.29, 0.717) is 5.13 Å². The molecule has 1 amide bonds.